The van der Waals surface area contributed by atoms with Gasteiger partial charge in [-0.15, -0.1) is 0 Å². The number of amides is 2. The molecule has 2 rings (SSSR count). The Morgan fingerprint density at radius 2 is 1.71 bits per heavy atom. The van der Waals surface area contributed by atoms with Crippen molar-refractivity contribution in [2.45, 2.75) is 58.7 Å². The van der Waals surface area contributed by atoms with Crippen molar-refractivity contribution in [3.63, 3.8) is 0 Å². The molecule has 0 aromatic heterocycles. The smallest absolute Gasteiger partial charge is 0.242 e. The van der Waals surface area contributed by atoms with Crippen LogP contribution in [0.15, 0.2) is 59.1 Å². The van der Waals surface area contributed by atoms with Crippen LogP contribution < -0.4 is 5.32 Å². The van der Waals surface area contributed by atoms with Crippen molar-refractivity contribution in [3.8, 4) is 0 Å². The number of nitrogens with zero attached hydrogens (tertiary/aromatic N) is 1. The predicted octanol–water partition coefficient (Wildman–Crippen LogP) is 4.71. The van der Waals surface area contributed by atoms with E-state index in [1.165, 1.54) is 0 Å². The molecule has 2 aromatic rings. The maximum absolute atomic E-state index is 13.0. The van der Waals surface area contributed by atoms with E-state index in [0.29, 0.717) is 19.4 Å². The Labute approximate surface area is 176 Å². The number of carbonyl (C=O) groups is 2. The van der Waals surface area contributed by atoms with Crippen LogP contribution in [-0.4, -0.2) is 28.8 Å². The lowest BCUT2D eigenvalue weighted by Gasteiger charge is -2.30. The van der Waals surface area contributed by atoms with E-state index in [1.54, 1.807) is 11.8 Å². The van der Waals surface area contributed by atoms with Crippen LogP contribution in [0.1, 0.15) is 44.7 Å². The van der Waals surface area contributed by atoms with E-state index < -0.39 is 6.04 Å². The van der Waals surface area contributed by atoms with Gasteiger partial charge in [0.1, 0.15) is 6.04 Å². The van der Waals surface area contributed by atoms with Crippen molar-refractivity contribution in [1.29, 1.82) is 0 Å². The molecule has 0 unspecified atom stereocenters. The molecule has 0 bridgehead atoms. The van der Waals surface area contributed by atoms with Crippen LogP contribution in [0.5, 0.6) is 0 Å². The van der Waals surface area contributed by atoms with E-state index in [-0.39, 0.29) is 17.9 Å². The molecule has 2 atom stereocenters. The van der Waals surface area contributed by atoms with Crippen LogP contribution in [0.25, 0.3) is 0 Å². The zero-order valence-corrected chi connectivity index (χ0v) is 18.4. The van der Waals surface area contributed by atoms with Gasteiger partial charge in [-0.25, -0.2) is 0 Å². The zero-order chi connectivity index (χ0) is 20.5. The van der Waals surface area contributed by atoms with Crippen LogP contribution in [0, 0.1) is 0 Å². The highest BCUT2D eigenvalue weighted by atomic mass is 79.9. The van der Waals surface area contributed by atoms with Gasteiger partial charge in [-0.3, -0.25) is 9.59 Å². The highest BCUT2D eigenvalue weighted by molar-refractivity contribution is 9.10. The van der Waals surface area contributed by atoms with Gasteiger partial charge in [-0.1, -0.05) is 65.3 Å². The minimum Gasteiger partial charge on any atom is -0.352 e. The molecule has 0 fully saturated rings. The first-order valence-electron chi connectivity index (χ1n) is 9.79. The first-order valence-corrected chi connectivity index (χ1v) is 10.6. The van der Waals surface area contributed by atoms with Crippen LogP contribution >= 0.6 is 15.9 Å². The lowest BCUT2D eigenvalue weighted by Crippen LogP contribution is -2.49. The van der Waals surface area contributed by atoms with Gasteiger partial charge in [-0.2, -0.15) is 0 Å². The standard InChI is InChI=1S/C23H29BrN2O2/c1-4-17(2)25-23(28)18(3)26(16-20-11-8-12-21(24)15-20)22(27)14-13-19-9-6-5-7-10-19/h5-12,15,17-18H,4,13-14,16H2,1-3H3,(H,25,28)/t17-,18+/m1/s1. The Morgan fingerprint density at radius 1 is 1.04 bits per heavy atom. The summed E-state index contributed by atoms with van der Waals surface area (Å²) in [6, 6.07) is 17.3. The molecular weight excluding hydrogens is 416 g/mol. The Balaban J connectivity index is 2.14. The van der Waals surface area contributed by atoms with Crippen molar-refractivity contribution in [1.82, 2.24) is 10.2 Å². The molecule has 0 aliphatic heterocycles. The summed E-state index contributed by atoms with van der Waals surface area (Å²) in [6.07, 6.45) is 1.89. The third kappa shape index (κ3) is 6.79. The van der Waals surface area contributed by atoms with Crippen molar-refractivity contribution in [2.75, 3.05) is 0 Å². The molecule has 2 amide bonds. The maximum Gasteiger partial charge on any atom is 0.242 e. The van der Waals surface area contributed by atoms with Gasteiger partial charge in [0.05, 0.1) is 0 Å². The topological polar surface area (TPSA) is 49.4 Å². The first kappa shape index (κ1) is 22.2. The third-order valence-corrected chi connectivity index (χ3v) is 5.37. The molecule has 0 saturated carbocycles. The zero-order valence-electron chi connectivity index (χ0n) is 16.8. The fourth-order valence-corrected chi connectivity index (χ4v) is 3.37. The SMILES string of the molecule is CC[C@@H](C)NC(=O)[C@H](C)N(Cc1cccc(Br)c1)C(=O)CCc1ccccc1. The molecule has 150 valence electrons. The highest BCUT2D eigenvalue weighted by Crippen LogP contribution is 2.17. The second kappa shape index (κ2) is 11.0. The van der Waals surface area contributed by atoms with Crippen molar-refractivity contribution in [3.05, 3.63) is 70.2 Å². The number of halogens is 1. The number of hydrogen-bond acceptors (Lipinski definition) is 2. The Bertz CT molecular complexity index is 779. The van der Waals surface area contributed by atoms with Crippen LogP contribution in [0.4, 0.5) is 0 Å². The summed E-state index contributed by atoms with van der Waals surface area (Å²) in [5.74, 6) is -0.131. The first-order chi connectivity index (χ1) is 13.4. The number of carbonyl (C=O) groups excluding carboxylic acids is 2. The predicted molar refractivity (Wildman–Crippen MR) is 117 cm³/mol. The number of rotatable bonds is 9. The fourth-order valence-electron chi connectivity index (χ4n) is 2.92. The average molecular weight is 445 g/mol. The van der Waals surface area contributed by atoms with E-state index in [1.807, 2.05) is 68.4 Å². The number of benzene rings is 2. The molecule has 1 N–H and O–H groups in total. The van der Waals surface area contributed by atoms with Gasteiger partial charge < -0.3 is 10.2 Å². The fraction of sp³-hybridized carbons (Fsp3) is 0.391. The quantitative estimate of drug-likeness (QED) is 0.608. The van der Waals surface area contributed by atoms with E-state index in [0.717, 1.165) is 22.0 Å². The molecule has 0 heterocycles. The minimum atomic E-state index is -0.531. The van der Waals surface area contributed by atoms with Crippen LogP contribution in [0.3, 0.4) is 0 Å². The van der Waals surface area contributed by atoms with Crippen LogP contribution in [-0.2, 0) is 22.6 Å². The molecule has 28 heavy (non-hydrogen) atoms. The van der Waals surface area contributed by atoms with Gasteiger partial charge in [0.2, 0.25) is 11.8 Å². The average Bonchev–Trinajstić information content (AvgIpc) is 2.70. The molecule has 4 nitrogen and oxygen atoms in total. The largest absolute Gasteiger partial charge is 0.352 e. The van der Waals surface area contributed by atoms with Gasteiger partial charge in [0, 0.05) is 23.5 Å². The lowest BCUT2D eigenvalue weighted by molar-refractivity contribution is -0.140. The highest BCUT2D eigenvalue weighted by Gasteiger charge is 2.26. The summed E-state index contributed by atoms with van der Waals surface area (Å²) in [4.78, 5) is 27.4. The Kier molecular flexibility index (Phi) is 8.71. The monoisotopic (exact) mass is 444 g/mol. The summed E-state index contributed by atoms with van der Waals surface area (Å²) in [5, 5.41) is 2.99. The van der Waals surface area contributed by atoms with Gasteiger partial charge in [0.15, 0.2) is 0 Å². The van der Waals surface area contributed by atoms with Gasteiger partial charge in [0.25, 0.3) is 0 Å². The Morgan fingerprint density at radius 3 is 2.36 bits per heavy atom. The van der Waals surface area contributed by atoms with Crippen molar-refractivity contribution < 1.29 is 9.59 Å². The van der Waals surface area contributed by atoms with Crippen LogP contribution in [0.2, 0.25) is 0 Å². The van der Waals surface area contributed by atoms with E-state index in [4.69, 9.17) is 0 Å². The molecule has 0 aliphatic rings. The molecule has 0 saturated heterocycles. The van der Waals surface area contributed by atoms with Crippen molar-refractivity contribution in [2.24, 2.45) is 0 Å². The molecule has 5 heteroatoms. The summed E-state index contributed by atoms with van der Waals surface area (Å²) in [6.45, 7) is 6.21. The maximum atomic E-state index is 13.0. The van der Waals surface area contributed by atoms with E-state index >= 15 is 0 Å². The normalized spacial score (nSPS) is 12.9. The molecule has 0 spiro atoms. The molecule has 0 radical (unpaired) electrons. The Hall–Kier alpha value is -2.14. The molecular formula is C23H29BrN2O2. The number of nitrogens with one attached hydrogen (secondary N) is 1. The van der Waals surface area contributed by atoms with Gasteiger partial charge >= 0.3 is 0 Å². The second-order valence-electron chi connectivity index (χ2n) is 7.13. The van der Waals surface area contributed by atoms with Gasteiger partial charge in [-0.05, 0) is 49.9 Å². The summed E-state index contributed by atoms with van der Waals surface area (Å²) in [7, 11) is 0. The van der Waals surface area contributed by atoms with E-state index in [9.17, 15) is 9.59 Å². The summed E-state index contributed by atoms with van der Waals surface area (Å²) < 4.78 is 0.957. The minimum absolute atomic E-state index is 0.0179. The lowest BCUT2D eigenvalue weighted by atomic mass is 10.1. The number of aryl methyl sites for hydroxylation is 1. The third-order valence-electron chi connectivity index (χ3n) is 4.88. The molecule has 2 aromatic carbocycles. The molecule has 0 aliphatic carbocycles. The summed E-state index contributed by atoms with van der Waals surface area (Å²) in [5.41, 5.74) is 2.11. The van der Waals surface area contributed by atoms with E-state index in [2.05, 4.69) is 21.2 Å². The summed E-state index contributed by atoms with van der Waals surface area (Å²) >= 11 is 3.48. The number of hydrogen-bond donors (Lipinski definition) is 1. The second-order valence-corrected chi connectivity index (χ2v) is 8.05. The van der Waals surface area contributed by atoms with Crippen molar-refractivity contribution >= 4 is 27.7 Å².